The highest BCUT2D eigenvalue weighted by Crippen LogP contribution is 2.22. The Hall–Kier alpha value is -3.14. The molecule has 0 aliphatic rings. The topological polar surface area (TPSA) is 63.3 Å². The fourth-order valence-corrected chi connectivity index (χ4v) is 2.58. The van der Waals surface area contributed by atoms with Gasteiger partial charge >= 0.3 is 0 Å². The van der Waals surface area contributed by atoms with Gasteiger partial charge in [-0.15, -0.1) is 0 Å². The van der Waals surface area contributed by atoms with Crippen molar-refractivity contribution in [3.8, 4) is 11.1 Å². The van der Waals surface area contributed by atoms with E-state index in [4.69, 9.17) is 5.73 Å². The van der Waals surface area contributed by atoms with Crippen LogP contribution >= 0.6 is 0 Å². The molecule has 3 aromatic rings. The molecule has 3 rings (SSSR count). The summed E-state index contributed by atoms with van der Waals surface area (Å²) in [5.74, 6) is 0.925. The van der Waals surface area contributed by atoms with E-state index in [1.165, 1.54) is 0 Å². The van der Waals surface area contributed by atoms with Crippen LogP contribution in [0.2, 0.25) is 0 Å². The van der Waals surface area contributed by atoms with Gasteiger partial charge < -0.3 is 11.1 Å². The molecule has 1 aromatic heterocycles. The number of hydrogen-bond donors (Lipinski definition) is 2. The Kier molecular flexibility index (Phi) is 4.57. The van der Waals surface area contributed by atoms with Gasteiger partial charge in [0.25, 0.3) is 0 Å². The second-order valence-electron chi connectivity index (χ2n) is 5.71. The van der Waals surface area contributed by atoms with Gasteiger partial charge in [0.2, 0.25) is 0 Å². The number of hydrogen-bond acceptors (Lipinski definition) is 2. The number of aliphatic imine (C=N–C) groups is 1. The number of nitrogens with zero attached hydrogens (tertiary/aromatic N) is 2. The third kappa shape index (κ3) is 3.98. The lowest BCUT2D eigenvalue weighted by atomic mass is 10.1. The van der Waals surface area contributed by atoms with Crippen LogP contribution in [0.3, 0.4) is 0 Å². The molecule has 0 amide bonds. The fraction of sp³-hybridized carbons (Fsp3) is 0.100. The largest absolute Gasteiger partial charge is 0.369 e. The van der Waals surface area contributed by atoms with Crippen molar-refractivity contribution >= 4 is 17.5 Å². The minimum Gasteiger partial charge on any atom is -0.369 e. The van der Waals surface area contributed by atoms with Gasteiger partial charge in [-0.3, -0.25) is 0 Å². The van der Waals surface area contributed by atoms with E-state index >= 15 is 0 Å². The Labute approximate surface area is 142 Å². The summed E-state index contributed by atoms with van der Waals surface area (Å²) in [5.41, 5.74) is 11.2. The van der Waals surface area contributed by atoms with Crippen LogP contribution in [0.1, 0.15) is 11.3 Å². The Morgan fingerprint density at radius 1 is 0.917 bits per heavy atom. The zero-order valence-corrected chi connectivity index (χ0v) is 13.8. The second-order valence-corrected chi connectivity index (χ2v) is 5.71. The fourth-order valence-electron chi connectivity index (χ4n) is 2.58. The van der Waals surface area contributed by atoms with Crippen LogP contribution in [0.4, 0.5) is 11.5 Å². The summed E-state index contributed by atoms with van der Waals surface area (Å²) in [6.07, 6.45) is 0. The number of anilines is 1. The molecule has 0 radical (unpaired) electrons. The highest BCUT2D eigenvalue weighted by atomic mass is 15.1. The van der Waals surface area contributed by atoms with Crippen LogP contribution in [0.15, 0.2) is 71.7 Å². The first-order valence-corrected chi connectivity index (χ1v) is 7.82. The Bertz CT molecular complexity index is 850. The smallest absolute Gasteiger partial charge is 0.199 e. The zero-order valence-electron chi connectivity index (χ0n) is 13.8. The standard InChI is InChI=1S/C20H20N4/c1-14-11-15(2)22-19(12-14)24-20(21)23-18-10-6-9-17(13-18)16-7-4-3-5-8-16/h3-13H,1-2H3,(H3,21,22,23,24). The first-order chi connectivity index (χ1) is 11.6. The quantitative estimate of drug-likeness (QED) is 0.555. The van der Waals surface area contributed by atoms with Gasteiger partial charge in [-0.2, -0.15) is 4.99 Å². The highest BCUT2D eigenvalue weighted by Gasteiger charge is 2.01. The van der Waals surface area contributed by atoms with Crippen molar-refractivity contribution in [3.05, 3.63) is 78.0 Å². The summed E-state index contributed by atoms with van der Waals surface area (Å²) >= 11 is 0. The number of guanidine groups is 1. The van der Waals surface area contributed by atoms with Crippen molar-refractivity contribution in [1.82, 2.24) is 4.98 Å². The van der Waals surface area contributed by atoms with Gasteiger partial charge in [-0.05, 0) is 54.8 Å². The minimum absolute atomic E-state index is 0.317. The molecule has 1 heterocycles. The Morgan fingerprint density at radius 2 is 1.67 bits per heavy atom. The van der Waals surface area contributed by atoms with E-state index < -0.39 is 0 Å². The highest BCUT2D eigenvalue weighted by molar-refractivity contribution is 5.94. The average molecular weight is 316 g/mol. The van der Waals surface area contributed by atoms with E-state index in [1.54, 1.807) is 0 Å². The van der Waals surface area contributed by atoms with Gasteiger partial charge in [-0.1, -0.05) is 42.5 Å². The third-order valence-corrected chi connectivity index (χ3v) is 3.56. The Balaban J connectivity index is 1.82. The summed E-state index contributed by atoms with van der Waals surface area (Å²) in [6.45, 7) is 3.96. The molecular weight excluding hydrogens is 296 g/mol. The van der Waals surface area contributed by atoms with E-state index in [0.717, 1.165) is 28.1 Å². The van der Waals surface area contributed by atoms with E-state index in [9.17, 15) is 0 Å². The number of aryl methyl sites for hydroxylation is 2. The third-order valence-electron chi connectivity index (χ3n) is 3.56. The average Bonchev–Trinajstić information content (AvgIpc) is 2.55. The van der Waals surface area contributed by atoms with Crippen molar-refractivity contribution in [2.45, 2.75) is 13.8 Å². The summed E-state index contributed by atoms with van der Waals surface area (Å²) in [4.78, 5) is 8.72. The molecule has 4 nitrogen and oxygen atoms in total. The van der Waals surface area contributed by atoms with Gasteiger partial charge in [0.1, 0.15) is 0 Å². The zero-order chi connectivity index (χ0) is 16.9. The Morgan fingerprint density at radius 3 is 2.42 bits per heavy atom. The van der Waals surface area contributed by atoms with Crippen LogP contribution in [0.5, 0.6) is 0 Å². The number of nitrogens with one attached hydrogen (secondary N) is 1. The van der Waals surface area contributed by atoms with Gasteiger partial charge in [0, 0.05) is 11.4 Å². The van der Waals surface area contributed by atoms with E-state index in [-0.39, 0.29) is 0 Å². The van der Waals surface area contributed by atoms with Crippen LogP contribution in [0, 0.1) is 13.8 Å². The number of nitrogens with two attached hydrogens (primary N) is 1. The maximum Gasteiger partial charge on any atom is 0.199 e. The molecule has 2 aromatic carbocycles. The van der Waals surface area contributed by atoms with Crippen LogP contribution in [-0.2, 0) is 0 Å². The molecule has 0 saturated heterocycles. The summed E-state index contributed by atoms with van der Waals surface area (Å²) in [6, 6.07) is 22.2. The first kappa shape index (κ1) is 15.7. The van der Waals surface area contributed by atoms with E-state index in [2.05, 4.69) is 33.5 Å². The molecule has 3 N–H and O–H groups in total. The monoisotopic (exact) mass is 316 g/mol. The normalized spacial score (nSPS) is 11.3. The van der Waals surface area contributed by atoms with Crippen molar-refractivity contribution in [2.24, 2.45) is 10.7 Å². The first-order valence-electron chi connectivity index (χ1n) is 7.82. The molecule has 0 atom stereocenters. The molecule has 0 fully saturated rings. The van der Waals surface area contributed by atoms with E-state index in [0.29, 0.717) is 11.8 Å². The SMILES string of the molecule is Cc1cc(C)nc(N=C(N)Nc2cccc(-c3ccccc3)c2)c1. The number of benzene rings is 2. The van der Waals surface area contributed by atoms with Crippen molar-refractivity contribution in [1.29, 1.82) is 0 Å². The predicted molar refractivity (Wildman–Crippen MR) is 100 cm³/mol. The summed E-state index contributed by atoms with van der Waals surface area (Å²) < 4.78 is 0. The molecule has 0 aliphatic carbocycles. The molecule has 0 bridgehead atoms. The maximum absolute atomic E-state index is 6.03. The molecule has 4 heteroatoms. The van der Waals surface area contributed by atoms with Gasteiger partial charge in [0.05, 0.1) is 0 Å². The molecule has 24 heavy (non-hydrogen) atoms. The van der Waals surface area contributed by atoms with Crippen molar-refractivity contribution in [2.75, 3.05) is 5.32 Å². The molecule has 120 valence electrons. The maximum atomic E-state index is 6.03. The van der Waals surface area contributed by atoms with Crippen molar-refractivity contribution < 1.29 is 0 Å². The molecule has 0 unspecified atom stereocenters. The lowest BCUT2D eigenvalue weighted by Gasteiger charge is -2.08. The van der Waals surface area contributed by atoms with E-state index in [1.807, 2.05) is 62.4 Å². The summed E-state index contributed by atoms with van der Waals surface area (Å²) in [7, 11) is 0. The van der Waals surface area contributed by atoms with Crippen LogP contribution in [-0.4, -0.2) is 10.9 Å². The van der Waals surface area contributed by atoms with Gasteiger partial charge in [-0.25, -0.2) is 4.98 Å². The minimum atomic E-state index is 0.317. The van der Waals surface area contributed by atoms with Crippen LogP contribution in [0.25, 0.3) is 11.1 Å². The number of rotatable bonds is 3. The predicted octanol–water partition coefficient (Wildman–Crippen LogP) is 4.42. The van der Waals surface area contributed by atoms with Crippen molar-refractivity contribution in [3.63, 3.8) is 0 Å². The molecular formula is C20H20N4. The molecule has 0 aliphatic heterocycles. The number of pyridine rings is 1. The molecule has 0 spiro atoms. The summed E-state index contributed by atoms with van der Waals surface area (Å²) in [5, 5.41) is 3.13. The van der Waals surface area contributed by atoms with Gasteiger partial charge in [0.15, 0.2) is 11.8 Å². The lowest BCUT2D eigenvalue weighted by Crippen LogP contribution is -2.22. The number of aromatic nitrogens is 1. The second kappa shape index (κ2) is 6.96. The van der Waals surface area contributed by atoms with Crippen LogP contribution < -0.4 is 11.1 Å². The molecule has 0 saturated carbocycles. The lowest BCUT2D eigenvalue weighted by molar-refractivity contribution is 1.15.